The van der Waals surface area contributed by atoms with E-state index in [0.29, 0.717) is 13.0 Å². The monoisotopic (exact) mass is 252 g/mol. The van der Waals surface area contributed by atoms with E-state index in [2.05, 4.69) is 12.1 Å². The summed E-state index contributed by atoms with van der Waals surface area (Å²) in [6.45, 7) is 2.53. The van der Waals surface area contributed by atoms with Crippen molar-refractivity contribution in [2.24, 2.45) is 5.73 Å². The third-order valence-corrected chi connectivity index (χ3v) is 3.46. The van der Waals surface area contributed by atoms with Crippen LogP contribution in [0.4, 0.5) is 0 Å². The predicted octanol–water partition coefficient (Wildman–Crippen LogP) is 2.10. The Labute approximate surface area is 107 Å². The number of amides is 1. The van der Waals surface area contributed by atoms with Crippen molar-refractivity contribution in [3.05, 3.63) is 29.8 Å². The van der Waals surface area contributed by atoms with Gasteiger partial charge in [0, 0.05) is 18.5 Å². The van der Waals surface area contributed by atoms with Crippen molar-refractivity contribution in [3.8, 4) is 0 Å². The van der Waals surface area contributed by atoms with E-state index in [-0.39, 0.29) is 11.9 Å². The van der Waals surface area contributed by atoms with E-state index in [1.54, 1.807) is 23.7 Å². The first-order valence-corrected chi connectivity index (χ1v) is 6.94. The molecule has 1 amide bonds. The average Bonchev–Trinajstić information content (AvgIpc) is 2.37. The number of thioether (sulfide) groups is 1. The Hall–Kier alpha value is -1.00. The highest BCUT2D eigenvalue weighted by molar-refractivity contribution is 7.98. The van der Waals surface area contributed by atoms with Crippen LogP contribution in [-0.2, 0) is 11.3 Å². The second-order valence-corrected chi connectivity index (χ2v) is 4.94. The highest BCUT2D eigenvalue weighted by Gasteiger charge is 2.15. The third kappa shape index (κ3) is 4.06. The zero-order chi connectivity index (χ0) is 12.8. The zero-order valence-electron chi connectivity index (χ0n) is 10.6. The lowest BCUT2D eigenvalue weighted by Crippen LogP contribution is -2.40. The Morgan fingerprint density at radius 2 is 2.00 bits per heavy atom. The normalized spacial score (nSPS) is 12.2. The van der Waals surface area contributed by atoms with Crippen LogP contribution in [0.3, 0.4) is 0 Å². The van der Waals surface area contributed by atoms with Crippen molar-refractivity contribution in [2.45, 2.75) is 30.8 Å². The van der Waals surface area contributed by atoms with Crippen LogP contribution in [-0.4, -0.2) is 30.2 Å². The fourth-order valence-corrected chi connectivity index (χ4v) is 1.95. The zero-order valence-corrected chi connectivity index (χ0v) is 11.5. The fraction of sp³-hybridized carbons (Fsp3) is 0.462. The summed E-state index contributed by atoms with van der Waals surface area (Å²) in [6, 6.07) is 7.85. The first kappa shape index (κ1) is 14.1. The van der Waals surface area contributed by atoms with Gasteiger partial charge in [-0.05, 0) is 30.4 Å². The molecule has 1 atom stereocenters. The maximum atomic E-state index is 11.8. The van der Waals surface area contributed by atoms with Crippen molar-refractivity contribution in [3.63, 3.8) is 0 Å². The van der Waals surface area contributed by atoms with Gasteiger partial charge < -0.3 is 10.6 Å². The van der Waals surface area contributed by atoms with E-state index in [0.717, 1.165) is 5.56 Å². The van der Waals surface area contributed by atoms with Gasteiger partial charge in [-0.15, -0.1) is 11.8 Å². The Bertz CT molecular complexity index is 364. The van der Waals surface area contributed by atoms with Crippen LogP contribution >= 0.6 is 11.8 Å². The molecule has 17 heavy (non-hydrogen) atoms. The lowest BCUT2D eigenvalue weighted by molar-refractivity contribution is -0.131. The van der Waals surface area contributed by atoms with Gasteiger partial charge in [-0.2, -0.15) is 0 Å². The van der Waals surface area contributed by atoms with Gasteiger partial charge in [-0.25, -0.2) is 0 Å². The summed E-state index contributed by atoms with van der Waals surface area (Å²) >= 11 is 1.71. The smallest absolute Gasteiger partial charge is 0.239 e. The van der Waals surface area contributed by atoms with Crippen molar-refractivity contribution >= 4 is 17.7 Å². The second-order valence-electron chi connectivity index (χ2n) is 4.06. The molecule has 0 heterocycles. The average molecular weight is 252 g/mol. The minimum atomic E-state index is -0.384. The molecule has 0 aliphatic heterocycles. The molecular weight excluding hydrogens is 232 g/mol. The van der Waals surface area contributed by atoms with Gasteiger partial charge in [-0.3, -0.25) is 4.79 Å². The molecule has 1 aromatic carbocycles. The van der Waals surface area contributed by atoms with Crippen molar-refractivity contribution in [1.29, 1.82) is 0 Å². The maximum absolute atomic E-state index is 11.8. The van der Waals surface area contributed by atoms with Gasteiger partial charge in [0.2, 0.25) is 5.91 Å². The highest BCUT2D eigenvalue weighted by Crippen LogP contribution is 2.15. The van der Waals surface area contributed by atoms with E-state index in [1.165, 1.54) is 4.90 Å². The van der Waals surface area contributed by atoms with Crippen molar-refractivity contribution in [2.75, 3.05) is 13.3 Å². The van der Waals surface area contributed by atoms with E-state index in [9.17, 15) is 4.79 Å². The van der Waals surface area contributed by atoms with Crippen LogP contribution in [0.15, 0.2) is 29.2 Å². The first-order valence-electron chi connectivity index (χ1n) is 5.72. The van der Waals surface area contributed by atoms with Gasteiger partial charge in [0.15, 0.2) is 0 Å². The molecule has 1 rings (SSSR count). The molecule has 0 aromatic heterocycles. The van der Waals surface area contributed by atoms with Gasteiger partial charge in [0.1, 0.15) is 0 Å². The summed E-state index contributed by atoms with van der Waals surface area (Å²) in [4.78, 5) is 14.7. The fourth-order valence-electron chi connectivity index (χ4n) is 1.54. The summed E-state index contributed by atoms with van der Waals surface area (Å²) in [5, 5.41) is 0. The number of hydrogen-bond donors (Lipinski definition) is 1. The molecule has 2 N–H and O–H groups in total. The summed E-state index contributed by atoms with van der Waals surface area (Å²) in [7, 11) is 1.79. The molecular formula is C13H20N2OS. The molecule has 94 valence electrons. The van der Waals surface area contributed by atoms with Gasteiger partial charge in [-0.1, -0.05) is 19.1 Å². The van der Waals surface area contributed by atoms with Crippen LogP contribution in [0.2, 0.25) is 0 Å². The van der Waals surface area contributed by atoms with Crippen LogP contribution in [0.25, 0.3) is 0 Å². The SMILES string of the molecule is CC[C@@H](N)C(=O)N(C)Cc1ccc(SC)cc1. The highest BCUT2D eigenvalue weighted by atomic mass is 32.2. The third-order valence-electron chi connectivity index (χ3n) is 2.71. The quantitative estimate of drug-likeness (QED) is 0.816. The number of rotatable bonds is 5. The number of nitrogens with two attached hydrogens (primary N) is 1. The molecule has 0 fully saturated rings. The minimum Gasteiger partial charge on any atom is -0.340 e. The number of carbonyl (C=O) groups is 1. The summed E-state index contributed by atoms with van der Waals surface area (Å²) in [6.07, 6.45) is 2.72. The van der Waals surface area contributed by atoms with Crippen molar-refractivity contribution < 1.29 is 4.79 Å². The molecule has 0 unspecified atom stereocenters. The van der Waals surface area contributed by atoms with Gasteiger partial charge >= 0.3 is 0 Å². The molecule has 0 saturated carbocycles. The van der Waals surface area contributed by atoms with Gasteiger partial charge in [0.05, 0.1) is 6.04 Å². The summed E-state index contributed by atoms with van der Waals surface area (Å²) in [5.74, 6) is 0.00134. The maximum Gasteiger partial charge on any atom is 0.239 e. The molecule has 0 bridgehead atoms. The molecule has 4 heteroatoms. The lowest BCUT2D eigenvalue weighted by atomic mass is 10.2. The molecule has 0 aliphatic rings. The van der Waals surface area contributed by atoms with Crippen LogP contribution in [0.1, 0.15) is 18.9 Å². The number of likely N-dealkylation sites (N-methyl/N-ethyl adjacent to an activating group) is 1. The lowest BCUT2D eigenvalue weighted by Gasteiger charge is -2.20. The molecule has 0 spiro atoms. The first-order chi connectivity index (χ1) is 8.08. The number of carbonyl (C=O) groups excluding carboxylic acids is 1. The molecule has 1 aromatic rings. The van der Waals surface area contributed by atoms with Gasteiger partial charge in [0.25, 0.3) is 0 Å². The van der Waals surface area contributed by atoms with E-state index < -0.39 is 0 Å². The largest absolute Gasteiger partial charge is 0.340 e. The molecule has 3 nitrogen and oxygen atoms in total. The van der Waals surface area contributed by atoms with Crippen molar-refractivity contribution in [1.82, 2.24) is 4.90 Å². The molecule has 0 radical (unpaired) electrons. The standard InChI is InChI=1S/C13H20N2OS/c1-4-12(14)13(16)15(2)9-10-5-7-11(17-3)8-6-10/h5-8,12H,4,9,14H2,1-3H3/t12-/m1/s1. The van der Waals surface area contributed by atoms with Crippen LogP contribution < -0.4 is 5.73 Å². The Morgan fingerprint density at radius 1 is 1.41 bits per heavy atom. The summed E-state index contributed by atoms with van der Waals surface area (Å²) < 4.78 is 0. The van der Waals surface area contributed by atoms with E-state index in [4.69, 9.17) is 5.73 Å². The van der Waals surface area contributed by atoms with Crippen LogP contribution in [0, 0.1) is 0 Å². The predicted molar refractivity (Wildman–Crippen MR) is 73.0 cm³/mol. The number of hydrogen-bond acceptors (Lipinski definition) is 3. The van der Waals surface area contributed by atoms with E-state index >= 15 is 0 Å². The minimum absolute atomic E-state index is 0.00134. The van der Waals surface area contributed by atoms with E-state index in [1.807, 2.05) is 25.3 Å². The number of benzene rings is 1. The molecule has 0 aliphatic carbocycles. The Kier molecular flexibility index (Phi) is 5.51. The Balaban J connectivity index is 2.61. The second kappa shape index (κ2) is 6.67. The summed E-state index contributed by atoms with van der Waals surface area (Å²) in [5.41, 5.74) is 6.85. The number of nitrogens with zero attached hydrogens (tertiary/aromatic N) is 1. The topological polar surface area (TPSA) is 46.3 Å². The molecule has 0 saturated heterocycles. The van der Waals surface area contributed by atoms with Crippen LogP contribution in [0.5, 0.6) is 0 Å². The Morgan fingerprint density at radius 3 is 2.47 bits per heavy atom.